The molecule has 1 nitrogen and oxygen atoms in total. The number of aryl methyl sites for hydroxylation is 1. The zero-order valence-corrected chi connectivity index (χ0v) is 21.5. The number of halogens is 2. The number of benzene rings is 3. The van der Waals surface area contributed by atoms with E-state index in [4.69, 9.17) is 22.1 Å². The van der Waals surface area contributed by atoms with Crippen LogP contribution in [0.25, 0.3) is 32.3 Å². The molecule has 5 aromatic rings. The van der Waals surface area contributed by atoms with Crippen LogP contribution in [0.2, 0.25) is 0 Å². The topological polar surface area (TPSA) is 20.2 Å². The van der Waals surface area contributed by atoms with Gasteiger partial charge in [0, 0.05) is 6.61 Å². The first-order valence-electron chi connectivity index (χ1n) is 10.4. The summed E-state index contributed by atoms with van der Waals surface area (Å²) in [5.74, 6) is 0. The average molecular weight is 529 g/mol. The van der Waals surface area contributed by atoms with Crippen molar-refractivity contribution in [2.45, 2.75) is 19.8 Å². The number of hydrogen-bond donors (Lipinski definition) is 1. The van der Waals surface area contributed by atoms with Crippen molar-refractivity contribution in [2.75, 3.05) is 6.61 Å². The Labute approximate surface area is 198 Å². The summed E-state index contributed by atoms with van der Waals surface area (Å²) in [7, 11) is 10.7. The van der Waals surface area contributed by atoms with Gasteiger partial charge in [-0.2, -0.15) is 5.56 Å². The first kappa shape index (κ1) is 24.1. The van der Waals surface area contributed by atoms with Crippen LogP contribution < -0.4 is 0 Å². The van der Waals surface area contributed by atoms with Gasteiger partial charge in [-0.25, -0.2) is 0 Å². The predicted molar refractivity (Wildman–Crippen MR) is 135 cm³/mol. The Bertz CT molecular complexity index is 1210. The molecule has 160 valence electrons. The summed E-state index contributed by atoms with van der Waals surface area (Å²) >= 11 is -1.76. The fourth-order valence-electron chi connectivity index (χ4n) is 3.61. The molecule has 5 rings (SSSR count). The summed E-state index contributed by atoms with van der Waals surface area (Å²) in [6.45, 7) is 2.17. The molecule has 0 aliphatic carbocycles. The van der Waals surface area contributed by atoms with Crippen molar-refractivity contribution in [3.05, 3.63) is 96.6 Å². The van der Waals surface area contributed by atoms with E-state index in [2.05, 4.69) is 91.0 Å². The average Bonchev–Trinajstić information content (AvgIpc) is 3.40. The van der Waals surface area contributed by atoms with E-state index in [1.165, 1.54) is 37.9 Å². The molecule has 0 amide bonds. The van der Waals surface area contributed by atoms with E-state index < -0.39 is 18.9 Å². The van der Waals surface area contributed by atoms with E-state index in [0.717, 1.165) is 12.8 Å². The van der Waals surface area contributed by atoms with Gasteiger partial charge in [-0.1, -0.05) is 48.9 Å². The molecule has 4 heteroatoms. The van der Waals surface area contributed by atoms with Gasteiger partial charge < -0.3 is 5.11 Å². The van der Waals surface area contributed by atoms with Crippen molar-refractivity contribution in [1.29, 1.82) is 0 Å². The molecule has 5 aromatic carbocycles. The van der Waals surface area contributed by atoms with Gasteiger partial charge in [-0.15, -0.1) is 80.8 Å². The SMILES string of the molecule is C[CH]=[Zr]([Cl])[Cl].OCCCc1c[cH-]c2ccccc12.c1ccc2c(c1)[cH-]c1ccccc12. The maximum Gasteiger partial charge on any atom is 0.0426 e. The van der Waals surface area contributed by atoms with Gasteiger partial charge in [0.15, 0.2) is 0 Å². The Morgan fingerprint density at radius 2 is 1.29 bits per heavy atom. The summed E-state index contributed by atoms with van der Waals surface area (Å²) in [6.07, 6.45) is 1.83. The van der Waals surface area contributed by atoms with Gasteiger partial charge in [0.1, 0.15) is 0 Å². The van der Waals surface area contributed by atoms with Crippen LogP contribution in [-0.2, 0) is 25.3 Å². The molecule has 0 fully saturated rings. The summed E-state index contributed by atoms with van der Waals surface area (Å²) in [4.78, 5) is 0. The van der Waals surface area contributed by atoms with Crippen LogP contribution >= 0.6 is 17.0 Å². The van der Waals surface area contributed by atoms with Gasteiger partial charge in [0.25, 0.3) is 0 Å². The second-order valence-electron chi connectivity index (χ2n) is 7.17. The zero-order valence-electron chi connectivity index (χ0n) is 17.6. The molecule has 0 aliphatic heterocycles. The van der Waals surface area contributed by atoms with E-state index in [1.807, 2.05) is 10.6 Å². The summed E-state index contributed by atoms with van der Waals surface area (Å²) < 4.78 is 1.89. The third kappa shape index (κ3) is 6.70. The van der Waals surface area contributed by atoms with Crippen molar-refractivity contribution in [3.8, 4) is 0 Å². The Kier molecular flexibility index (Phi) is 9.68. The zero-order chi connectivity index (χ0) is 22.1. The molecular weight excluding hydrogens is 502 g/mol. The van der Waals surface area contributed by atoms with Crippen molar-refractivity contribution in [1.82, 2.24) is 0 Å². The van der Waals surface area contributed by atoms with E-state index in [9.17, 15) is 0 Å². The van der Waals surface area contributed by atoms with E-state index in [1.54, 1.807) is 0 Å². The van der Waals surface area contributed by atoms with Gasteiger partial charge >= 0.3 is 46.5 Å². The van der Waals surface area contributed by atoms with E-state index in [-0.39, 0.29) is 6.61 Å². The van der Waals surface area contributed by atoms with Crippen LogP contribution in [0.3, 0.4) is 0 Å². The van der Waals surface area contributed by atoms with Crippen LogP contribution in [0.15, 0.2) is 91.0 Å². The number of rotatable bonds is 3. The summed E-state index contributed by atoms with van der Waals surface area (Å²) in [5, 5.41) is 16.8. The van der Waals surface area contributed by atoms with Crippen molar-refractivity contribution < 1.29 is 24.0 Å². The molecule has 0 bridgehead atoms. The Morgan fingerprint density at radius 3 is 1.81 bits per heavy atom. The minimum atomic E-state index is -1.76. The first-order chi connectivity index (χ1) is 15.1. The third-order valence-corrected chi connectivity index (χ3v) is 8.77. The van der Waals surface area contributed by atoms with Gasteiger partial charge in [-0.3, -0.25) is 0 Å². The Balaban J connectivity index is 0.000000146. The van der Waals surface area contributed by atoms with E-state index >= 15 is 0 Å². The van der Waals surface area contributed by atoms with Gasteiger partial charge in [-0.05, 0) is 6.42 Å². The normalized spacial score (nSPS) is 10.3. The molecule has 31 heavy (non-hydrogen) atoms. The van der Waals surface area contributed by atoms with Crippen LogP contribution in [0, 0.1) is 0 Å². The largest absolute Gasteiger partial charge is 0.396 e. The number of hydrogen-bond acceptors (Lipinski definition) is 1. The minimum Gasteiger partial charge on any atom is -0.396 e. The first-order valence-corrected chi connectivity index (χ1v) is 18.1. The van der Waals surface area contributed by atoms with Crippen molar-refractivity contribution in [3.63, 3.8) is 0 Å². The number of aliphatic hydroxyl groups is 1. The smallest absolute Gasteiger partial charge is 0.0426 e. The second kappa shape index (κ2) is 12.5. The minimum absolute atomic E-state index is 0.277. The van der Waals surface area contributed by atoms with Gasteiger partial charge in [0.2, 0.25) is 0 Å². The van der Waals surface area contributed by atoms with Crippen molar-refractivity contribution >= 4 is 53.1 Å². The predicted octanol–water partition coefficient (Wildman–Crippen LogP) is 7.93. The molecule has 0 saturated heterocycles. The molecule has 0 saturated carbocycles. The maximum atomic E-state index is 8.74. The van der Waals surface area contributed by atoms with E-state index in [0.29, 0.717) is 0 Å². The maximum absolute atomic E-state index is 8.74. The molecule has 1 N–H and O–H groups in total. The molecule has 0 atom stereocenters. The Morgan fingerprint density at radius 1 is 0.806 bits per heavy atom. The van der Waals surface area contributed by atoms with Crippen LogP contribution in [0.4, 0.5) is 0 Å². The molecule has 0 aliphatic rings. The number of fused-ring (bicyclic) bond motifs is 4. The third-order valence-electron chi connectivity index (χ3n) is 5.12. The second-order valence-corrected chi connectivity index (χ2v) is 16.0. The van der Waals surface area contributed by atoms with Crippen LogP contribution in [-0.4, -0.2) is 15.4 Å². The quantitative estimate of drug-likeness (QED) is 0.236. The number of aliphatic hydroxyl groups excluding tert-OH is 1. The summed E-state index contributed by atoms with van der Waals surface area (Å²) in [6, 6.07) is 31.9. The molecular formula is C27H26Cl2OZr-2. The fraction of sp³-hybridized carbons (Fsp3) is 0.148. The Hall–Kier alpha value is -1.57. The van der Waals surface area contributed by atoms with Gasteiger partial charge in [0.05, 0.1) is 0 Å². The van der Waals surface area contributed by atoms with Crippen LogP contribution in [0.1, 0.15) is 18.9 Å². The summed E-state index contributed by atoms with van der Waals surface area (Å²) in [5.41, 5.74) is 1.35. The molecule has 0 heterocycles. The molecule has 0 unspecified atom stereocenters. The molecule has 0 radical (unpaired) electrons. The van der Waals surface area contributed by atoms with Crippen LogP contribution in [0.5, 0.6) is 0 Å². The monoisotopic (exact) mass is 526 g/mol. The van der Waals surface area contributed by atoms with Crippen molar-refractivity contribution in [2.24, 2.45) is 0 Å². The fourth-order valence-corrected chi connectivity index (χ4v) is 3.61. The molecule has 0 aromatic heterocycles. The molecule has 0 spiro atoms. The standard InChI is InChI=1S/C13H9.C12H13O.C2H4.2ClH.Zr/c1-3-7-12-10(5-1)9-11-6-2-4-8-13(11)12;13-9-3-5-11-8-7-10-4-1-2-6-12(10)11;1-2;;;/h1-9H;1-2,4,6-8,13H,3,5,9H2;1H,2H3;2*1H;/q2*-1;;;;+2/p-2.